The van der Waals surface area contributed by atoms with Crippen LogP contribution >= 0.6 is 0 Å². The fraction of sp³-hybridized carbons (Fsp3) is 0.500. The van der Waals surface area contributed by atoms with Crippen LogP contribution in [0.1, 0.15) is 24.8 Å². The predicted octanol–water partition coefficient (Wildman–Crippen LogP) is 1.25. The van der Waals surface area contributed by atoms with Crippen molar-refractivity contribution in [3.63, 3.8) is 0 Å². The number of fused-ring (bicyclic) bond motifs is 1. The lowest BCUT2D eigenvalue weighted by molar-refractivity contribution is -0.145. The minimum atomic E-state index is -3.44. The van der Waals surface area contributed by atoms with Crippen LogP contribution in [0.15, 0.2) is 23.1 Å². The molecule has 6 nitrogen and oxygen atoms in total. The van der Waals surface area contributed by atoms with E-state index >= 15 is 0 Å². The maximum absolute atomic E-state index is 12.5. The van der Waals surface area contributed by atoms with Gasteiger partial charge in [-0.3, -0.25) is 0 Å². The molecule has 0 bridgehead atoms. The van der Waals surface area contributed by atoms with E-state index < -0.39 is 22.1 Å². The number of aliphatic carboxylic acids is 1. The molecule has 0 spiro atoms. The number of rotatable bonds is 3. The van der Waals surface area contributed by atoms with Crippen LogP contribution in [0.4, 0.5) is 0 Å². The van der Waals surface area contributed by atoms with Crippen LogP contribution in [-0.4, -0.2) is 43.0 Å². The van der Waals surface area contributed by atoms with Gasteiger partial charge in [0.25, 0.3) is 0 Å². The number of hydrogen-bond donors (Lipinski definition) is 1. The Hall–Kier alpha value is -1.60. The van der Waals surface area contributed by atoms with Gasteiger partial charge in [-0.25, -0.2) is 13.2 Å². The average molecular weight is 311 g/mol. The number of ether oxygens (including phenoxy) is 1. The Labute approximate surface area is 123 Å². The van der Waals surface area contributed by atoms with Crippen LogP contribution in [0.3, 0.4) is 0 Å². The number of aryl methyl sites for hydroxylation is 1. The summed E-state index contributed by atoms with van der Waals surface area (Å²) in [6.07, 6.45) is 1.81. The maximum Gasteiger partial charge on any atom is 0.344 e. The maximum atomic E-state index is 12.5. The van der Waals surface area contributed by atoms with Gasteiger partial charge < -0.3 is 9.84 Å². The third kappa shape index (κ3) is 2.63. The minimum Gasteiger partial charge on any atom is -0.479 e. The Morgan fingerprint density at radius 2 is 2.00 bits per heavy atom. The molecule has 0 unspecified atom stereocenters. The topological polar surface area (TPSA) is 83.9 Å². The summed E-state index contributed by atoms with van der Waals surface area (Å²) in [6.45, 7) is 1.13. The first-order valence-corrected chi connectivity index (χ1v) is 8.45. The standard InChI is InChI=1S/C14H17NO5S/c16-14(17)13-5-3-10-9-11(4-6-12(10)20-13)21(18,19)15-7-1-2-8-15/h4,6,9,13H,1-3,5,7-8H2,(H,16,17)/t13-/m1/s1. The first-order chi connectivity index (χ1) is 9.98. The lowest BCUT2D eigenvalue weighted by atomic mass is 10.0. The molecule has 3 rings (SSSR count). The van der Waals surface area contributed by atoms with Crippen molar-refractivity contribution in [2.75, 3.05) is 13.1 Å². The Morgan fingerprint density at radius 1 is 1.29 bits per heavy atom. The molecule has 1 aromatic carbocycles. The van der Waals surface area contributed by atoms with E-state index in [1.54, 1.807) is 12.1 Å². The Balaban J connectivity index is 1.89. The Bertz CT molecular complexity index is 664. The zero-order valence-electron chi connectivity index (χ0n) is 11.5. The molecule has 1 saturated heterocycles. The van der Waals surface area contributed by atoms with Gasteiger partial charge in [0, 0.05) is 13.1 Å². The molecule has 2 heterocycles. The average Bonchev–Trinajstić information content (AvgIpc) is 3.01. The third-order valence-corrected chi connectivity index (χ3v) is 5.85. The summed E-state index contributed by atoms with van der Waals surface area (Å²) in [5.74, 6) is -0.525. The van der Waals surface area contributed by atoms with Crippen molar-refractivity contribution in [1.29, 1.82) is 0 Å². The Kier molecular flexibility index (Phi) is 3.62. The van der Waals surface area contributed by atoms with Crippen LogP contribution in [-0.2, 0) is 21.2 Å². The van der Waals surface area contributed by atoms with Crippen molar-refractivity contribution >= 4 is 16.0 Å². The summed E-state index contributed by atoms with van der Waals surface area (Å²) in [5.41, 5.74) is 0.757. The van der Waals surface area contributed by atoms with E-state index in [2.05, 4.69) is 0 Å². The van der Waals surface area contributed by atoms with Crippen molar-refractivity contribution in [2.45, 2.75) is 36.7 Å². The normalized spacial score (nSPS) is 22.6. The van der Waals surface area contributed by atoms with Crippen LogP contribution in [0.2, 0.25) is 0 Å². The molecule has 0 aromatic heterocycles. The smallest absolute Gasteiger partial charge is 0.344 e. The third-order valence-electron chi connectivity index (χ3n) is 3.96. The molecule has 1 atom stereocenters. The summed E-state index contributed by atoms with van der Waals surface area (Å²) in [7, 11) is -3.44. The van der Waals surface area contributed by atoms with Crippen LogP contribution in [0.25, 0.3) is 0 Å². The number of carbonyl (C=O) groups is 1. The second-order valence-electron chi connectivity index (χ2n) is 5.36. The van der Waals surface area contributed by atoms with Gasteiger partial charge in [-0.15, -0.1) is 0 Å². The highest BCUT2D eigenvalue weighted by Crippen LogP contribution is 2.31. The van der Waals surface area contributed by atoms with E-state index in [1.807, 2.05) is 0 Å². The summed E-state index contributed by atoms with van der Waals surface area (Å²) in [6, 6.07) is 4.67. The number of carboxylic acids is 1. The molecule has 0 amide bonds. The van der Waals surface area contributed by atoms with Gasteiger partial charge in [-0.05, 0) is 49.4 Å². The minimum absolute atomic E-state index is 0.264. The number of sulfonamides is 1. The number of nitrogens with zero attached hydrogens (tertiary/aromatic N) is 1. The molecule has 1 aromatic rings. The lowest BCUT2D eigenvalue weighted by Gasteiger charge is -2.24. The number of hydrogen-bond acceptors (Lipinski definition) is 4. The molecule has 0 radical (unpaired) electrons. The van der Waals surface area contributed by atoms with E-state index in [0.29, 0.717) is 31.7 Å². The molecule has 2 aliphatic rings. The fourth-order valence-corrected chi connectivity index (χ4v) is 4.35. The van der Waals surface area contributed by atoms with Crippen molar-refractivity contribution in [3.05, 3.63) is 23.8 Å². The monoisotopic (exact) mass is 311 g/mol. The van der Waals surface area contributed by atoms with Crippen LogP contribution < -0.4 is 4.74 Å². The van der Waals surface area contributed by atoms with Gasteiger partial charge in [0.1, 0.15) is 5.75 Å². The molecule has 114 valence electrons. The summed E-state index contributed by atoms with van der Waals surface area (Å²) < 4.78 is 31.8. The largest absolute Gasteiger partial charge is 0.479 e. The molecule has 21 heavy (non-hydrogen) atoms. The number of benzene rings is 1. The van der Waals surface area contributed by atoms with Gasteiger partial charge in [0.2, 0.25) is 10.0 Å². The lowest BCUT2D eigenvalue weighted by Crippen LogP contribution is -2.31. The van der Waals surface area contributed by atoms with Crippen LogP contribution in [0.5, 0.6) is 5.75 Å². The van der Waals surface area contributed by atoms with E-state index in [1.165, 1.54) is 10.4 Å². The van der Waals surface area contributed by atoms with Gasteiger partial charge in [-0.2, -0.15) is 4.31 Å². The quantitative estimate of drug-likeness (QED) is 0.908. The van der Waals surface area contributed by atoms with E-state index in [9.17, 15) is 13.2 Å². The number of carboxylic acid groups (broad SMARTS) is 1. The second-order valence-corrected chi connectivity index (χ2v) is 7.30. The zero-order chi connectivity index (χ0) is 15.0. The highest BCUT2D eigenvalue weighted by Gasteiger charge is 2.30. The van der Waals surface area contributed by atoms with E-state index in [0.717, 1.165) is 18.4 Å². The molecular weight excluding hydrogens is 294 g/mol. The SMILES string of the molecule is O=C(O)[C@H]1CCc2cc(S(=O)(=O)N3CCCC3)ccc2O1. The second kappa shape index (κ2) is 5.31. The molecule has 7 heteroatoms. The molecule has 2 aliphatic heterocycles. The molecule has 1 fully saturated rings. The van der Waals surface area contributed by atoms with Gasteiger partial charge in [0.15, 0.2) is 6.10 Å². The summed E-state index contributed by atoms with van der Waals surface area (Å²) >= 11 is 0. The molecule has 1 N–H and O–H groups in total. The van der Waals surface area contributed by atoms with Crippen molar-refractivity contribution in [2.24, 2.45) is 0 Å². The van der Waals surface area contributed by atoms with E-state index in [-0.39, 0.29) is 4.90 Å². The van der Waals surface area contributed by atoms with Gasteiger partial charge in [-0.1, -0.05) is 0 Å². The first-order valence-electron chi connectivity index (χ1n) is 7.01. The van der Waals surface area contributed by atoms with Crippen molar-refractivity contribution in [1.82, 2.24) is 4.31 Å². The molecular formula is C14H17NO5S. The van der Waals surface area contributed by atoms with Crippen molar-refractivity contribution < 1.29 is 23.1 Å². The predicted molar refractivity (Wildman–Crippen MR) is 74.8 cm³/mol. The van der Waals surface area contributed by atoms with Crippen LogP contribution in [0, 0.1) is 0 Å². The first kappa shape index (κ1) is 14.3. The summed E-state index contributed by atoms with van der Waals surface area (Å²) in [5, 5.41) is 8.96. The molecule has 0 aliphatic carbocycles. The fourth-order valence-electron chi connectivity index (χ4n) is 2.78. The highest BCUT2D eigenvalue weighted by atomic mass is 32.2. The van der Waals surface area contributed by atoms with Gasteiger partial charge in [0.05, 0.1) is 4.90 Å². The highest BCUT2D eigenvalue weighted by molar-refractivity contribution is 7.89. The molecule has 0 saturated carbocycles. The zero-order valence-corrected chi connectivity index (χ0v) is 12.3. The van der Waals surface area contributed by atoms with Crippen molar-refractivity contribution in [3.8, 4) is 5.75 Å². The Morgan fingerprint density at radius 3 is 2.67 bits per heavy atom. The summed E-state index contributed by atoms with van der Waals surface area (Å²) in [4.78, 5) is 11.2. The van der Waals surface area contributed by atoms with Gasteiger partial charge >= 0.3 is 5.97 Å². The van der Waals surface area contributed by atoms with E-state index in [4.69, 9.17) is 9.84 Å².